The minimum Gasteiger partial charge on any atom is -0.485 e. The fourth-order valence-electron chi connectivity index (χ4n) is 4.70. The number of hydrogen-bond donors (Lipinski definition) is 1. The third-order valence-electron chi connectivity index (χ3n) is 6.63. The van der Waals surface area contributed by atoms with Gasteiger partial charge in [-0.1, -0.05) is 37.5 Å². The van der Waals surface area contributed by atoms with E-state index in [1.54, 1.807) is 25.1 Å². The van der Waals surface area contributed by atoms with E-state index < -0.39 is 6.04 Å². The molecule has 1 fully saturated rings. The van der Waals surface area contributed by atoms with Crippen molar-refractivity contribution in [3.63, 3.8) is 0 Å². The van der Waals surface area contributed by atoms with Crippen LogP contribution in [0.5, 0.6) is 11.5 Å². The van der Waals surface area contributed by atoms with Gasteiger partial charge in [0.1, 0.15) is 17.5 Å². The molecular formula is C27H32N2O5. The zero-order valence-electron chi connectivity index (χ0n) is 20.1. The molecule has 0 aromatic heterocycles. The number of anilines is 1. The number of benzene rings is 2. The molecule has 2 amide bonds. The van der Waals surface area contributed by atoms with E-state index in [0.717, 1.165) is 36.8 Å². The lowest BCUT2D eigenvalue weighted by Gasteiger charge is -2.34. The predicted octanol–water partition coefficient (Wildman–Crippen LogP) is 4.13. The first-order valence-corrected chi connectivity index (χ1v) is 12.0. The second-order valence-corrected chi connectivity index (χ2v) is 9.19. The number of nitrogens with one attached hydrogen (secondary N) is 1. The second kappa shape index (κ2) is 10.3. The van der Waals surface area contributed by atoms with Gasteiger partial charge in [-0.05, 0) is 62.9 Å². The Hall–Kier alpha value is -3.35. The van der Waals surface area contributed by atoms with E-state index >= 15 is 0 Å². The fourth-order valence-corrected chi connectivity index (χ4v) is 4.70. The number of aryl methyl sites for hydroxylation is 2. The van der Waals surface area contributed by atoms with E-state index in [-0.39, 0.29) is 36.9 Å². The summed E-state index contributed by atoms with van der Waals surface area (Å²) < 4.78 is 11.4. The Morgan fingerprint density at radius 1 is 1.12 bits per heavy atom. The molecule has 34 heavy (non-hydrogen) atoms. The molecule has 0 spiro atoms. The van der Waals surface area contributed by atoms with Crippen molar-refractivity contribution in [1.82, 2.24) is 5.32 Å². The molecule has 7 nitrogen and oxygen atoms in total. The number of fused-ring (bicyclic) bond motifs is 1. The van der Waals surface area contributed by atoms with Gasteiger partial charge in [-0.25, -0.2) is 0 Å². The standard InChI is InChI=1S/C27H32N2O5/c1-17-8-7-9-18(2)26(17)34-15-23(30)20-12-13-24-22(14-20)29(25(31)16-33-24)19(3)27(32)28-21-10-5-4-6-11-21/h7-9,12-14,19,21H,4-6,10-11,15-16H2,1-3H3,(H,28,32). The molecule has 7 heteroatoms. The smallest absolute Gasteiger partial charge is 0.265 e. The lowest BCUT2D eigenvalue weighted by molar-refractivity contribution is -0.128. The van der Waals surface area contributed by atoms with Crippen molar-refractivity contribution in [2.75, 3.05) is 18.1 Å². The Balaban J connectivity index is 1.51. The molecule has 1 saturated carbocycles. The summed E-state index contributed by atoms with van der Waals surface area (Å²) in [6.07, 6.45) is 5.33. The molecule has 1 heterocycles. The minimum absolute atomic E-state index is 0.128. The van der Waals surface area contributed by atoms with Crippen LogP contribution < -0.4 is 19.7 Å². The van der Waals surface area contributed by atoms with E-state index in [1.807, 2.05) is 32.0 Å². The van der Waals surface area contributed by atoms with Gasteiger partial charge in [0.2, 0.25) is 5.91 Å². The van der Waals surface area contributed by atoms with E-state index in [0.29, 0.717) is 22.7 Å². The highest BCUT2D eigenvalue weighted by Crippen LogP contribution is 2.35. The van der Waals surface area contributed by atoms with Crippen molar-refractivity contribution >= 4 is 23.3 Å². The van der Waals surface area contributed by atoms with Gasteiger partial charge < -0.3 is 14.8 Å². The number of amides is 2. The Kier molecular flexibility index (Phi) is 7.20. The maximum Gasteiger partial charge on any atom is 0.265 e. The molecule has 0 bridgehead atoms. The first-order chi connectivity index (χ1) is 16.3. The van der Waals surface area contributed by atoms with Crippen LogP contribution in [-0.4, -0.2) is 42.9 Å². The molecule has 2 aromatic rings. The normalized spacial score (nSPS) is 16.9. The number of ketones is 1. The number of nitrogens with zero attached hydrogens (tertiary/aromatic N) is 1. The summed E-state index contributed by atoms with van der Waals surface area (Å²) in [5.74, 6) is 0.451. The largest absolute Gasteiger partial charge is 0.485 e. The number of hydrogen-bond acceptors (Lipinski definition) is 5. The van der Waals surface area contributed by atoms with Crippen LogP contribution in [0, 0.1) is 13.8 Å². The summed E-state index contributed by atoms with van der Waals surface area (Å²) in [6.45, 7) is 5.32. The van der Waals surface area contributed by atoms with E-state index in [2.05, 4.69) is 5.32 Å². The van der Waals surface area contributed by atoms with Crippen molar-refractivity contribution in [2.24, 2.45) is 0 Å². The SMILES string of the molecule is Cc1cccc(C)c1OCC(=O)c1ccc2c(c1)N(C(C)C(=O)NC1CCCCC1)C(=O)CO2. The van der Waals surface area contributed by atoms with Gasteiger partial charge in [0, 0.05) is 11.6 Å². The molecule has 0 radical (unpaired) electrons. The molecule has 0 saturated heterocycles. The van der Waals surface area contributed by atoms with Gasteiger partial charge >= 0.3 is 0 Å². The lowest BCUT2D eigenvalue weighted by atomic mass is 9.95. The van der Waals surface area contributed by atoms with Crippen LogP contribution in [0.4, 0.5) is 5.69 Å². The summed E-state index contributed by atoms with van der Waals surface area (Å²) in [4.78, 5) is 40.1. The van der Waals surface area contributed by atoms with Crippen LogP contribution in [0.15, 0.2) is 36.4 Å². The predicted molar refractivity (Wildman–Crippen MR) is 130 cm³/mol. The van der Waals surface area contributed by atoms with Gasteiger partial charge in [-0.3, -0.25) is 19.3 Å². The topological polar surface area (TPSA) is 84.9 Å². The molecule has 2 aromatic carbocycles. The Labute approximate surface area is 200 Å². The van der Waals surface area contributed by atoms with Crippen LogP contribution >= 0.6 is 0 Å². The lowest BCUT2D eigenvalue weighted by Crippen LogP contribution is -2.53. The molecule has 1 atom stereocenters. The number of para-hydroxylation sites is 1. The Morgan fingerprint density at radius 2 is 1.82 bits per heavy atom. The van der Waals surface area contributed by atoms with Gasteiger partial charge in [-0.15, -0.1) is 0 Å². The van der Waals surface area contributed by atoms with Crippen molar-refractivity contribution < 1.29 is 23.9 Å². The highest BCUT2D eigenvalue weighted by atomic mass is 16.5. The third-order valence-corrected chi connectivity index (χ3v) is 6.63. The van der Waals surface area contributed by atoms with Crippen LogP contribution in [0.1, 0.15) is 60.5 Å². The average molecular weight is 465 g/mol. The quantitative estimate of drug-likeness (QED) is 0.623. The number of ether oxygens (including phenoxy) is 2. The number of carbonyl (C=O) groups is 3. The van der Waals surface area contributed by atoms with E-state index in [9.17, 15) is 14.4 Å². The van der Waals surface area contributed by atoms with Gasteiger partial charge in [0.25, 0.3) is 5.91 Å². The first-order valence-electron chi connectivity index (χ1n) is 12.0. The van der Waals surface area contributed by atoms with Gasteiger partial charge in [0.05, 0.1) is 5.69 Å². The monoisotopic (exact) mass is 464 g/mol. The van der Waals surface area contributed by atoms with Crippen LogP contribution in [-0.2, 0) is 9.59 Å². The summed E-state index contributed by atoms with van der Waals surface area (Å²) in [5.41, 5.74) is 2.75. The van der Waals surface area contributed by atoms with Crippen LogP contribution in [0.25, 0.3) is 0 Å². The highest BCUT2D eigenvalue weighted by molar-refractivity contribution is 6.06. The molecule has 1 aliphatic heterocycles. The zero-order chi connectivity index (χ0) is 24.2. The highest BCUT2D eigenvalue weighted by Gasteiger charge is 2.34. The Morgan fingerprint density at radius 3 is 2.53 bits per heavy atom. The second-order valence-electron chi connectivity index (χ2n) is 9.19. The maximum atomic E-state index is 13.0. The number of carbonyl (C=O) groups excluding carboxylic acids is 3. The van der Waals surface area contributed by atoms with E-state index in [4.69, 9.17) is 9.47 Å². The molecule has 180 valence electrons. The average Bonchev–Trinajstić information content (AvgIpc) is 2.83. The summed E-state index contributed by atoms with van der Waals surface area (Å²) in [6, 6.07) is 10.2. The third kappa shape index (κ3) is 5.08. The number of Topliss-reactive ketones (excluding diaryl/α,β-unsaturated/α-hetero) is 1. The van der Waals surface area contributed by atoms with Crippen molar-refractivity contribution in [1.29, 1.82) is 0 Å². The van der Waals surface area contributed by atoms with Crippen LogP contribution in [0.2, 0.25) is 0 Å². The summed E-state index contributed by atoms with van der Waals surface area (Å²) >= 11 is 0. The Bertz CT molecular complexity index is 1070. The van der Waals surface area contributed by atoms with Gasteiger partial charge in [-0.2, -0.15) is 0 Å². The molecule has 1 N–H and O–H groups in total. The summed E-state index contributed by atoms with van der Waals surface area (Å²) in [5, 5.41) is 3.09. The fraction of sp³-hybridized carbons (Fsp3) is 0.444. The molecule has 4 rings (SSSR count). The van der Waals surface area contributed by atoms with Crippen molar-refractivity contribution in [3.05, 3.63) is 53.1 Å². The maximum absolute atomic E-state index is 13.0. The molecule has 1 aliphatic carbocycles. The minimum atomic E-state index is -0.715. The molecule has 1 unspecified atom stereocenters. The zero-order valence-corrected chi connectivity index (χ0v) is 20.1. The number of rotatable bonds is 7. The van der Waals surface area contributed by atoms with Crippen molar-refractivity contribution in [2.45, 2.75) is 65.0 Å². The van der Waals surface area contributed by atoms with E-state index in [1.165, 1.54) is 11.3 Å². The molecular weight excluding hydrogens is 432 g/mol. The first kappa shape index (κ1) is 23.8. The van der Waals surface area contributed by atoms with Crippen molar-refractivity contribution in [3.8, 4) is 11.5 Å². The summed E-state index contributed by atoms with van der Waals surface area (Å²) in [7, 11) is 0. The van der Waals surface area contributed by atoms with Crippen LogP contribution in [0.3, 0.4) is 0 Å². The van der Waals surface area contributed by atoms with Gasteiger partial charge in [0.15, 0.2) is 19.0 Å². The molecule has 2 aliphatic rings.